The van der Waals surface area contributed by atoms with Gasteiger partial charge in [-0.3, -0.25) is 4.79 Å². The number of nitrogens with zero attached hydrogens (tertiary/aromatic N) is 1. The molecule has 0 aromatic heterocycles. The summed E-state index contributed by atoms with van der Waals surface area (Å²) in [7, 11) is 0. The van der Waals surface area contributed by atoms with Crippen LogP contribution in [0, 0.1) is 5.92 Å². The van der Waals surface area contributed by atoms with Gasteiger partial charge in [-0.1, -0.05) is 0 Å². The second kappa shape index (κ2) is 7.97. The van der Waals surface area contributed by atoms with E-state index in [0.717, 1.165) is 4.90 Å². The Labute approximate surface area is 165 Å². The SMILES string of the molecule is CC(C)(C)OC(=O)NC(CC1CC(C)(C)N(C(=O)OC(C)(C)C)C1=O)C(=O)O. The van der Waals surface area contributed by atoms with E-state index in [1.165, 1.54) is 0 Å². The van der Waals surface area contributed by atoms with Crippen molar-refractivity contribution in [3.05, 3.63) is 0 Å². The Morgan fingerprint density at radius 1 is 1.14 bits per heavy atom. The first-order valence-corrected chi connectivity index (χ1v) is 9.22. The van der Waals surface area contributed by atoms with Gasteiger partial charge in [0.2, 0.25) is 5.91 Å². The number of carboxylic acid groups (broad SMARTS) is 1. The molecular weight excluding hydrogens is 368 g/mol. The first kappa shape index (κ1) is 23.7. The van der Waals surface area contributed by atoms with Gasteiger partial charge in [-0.05, 0) is 68.2 Å². The third-order valence-electron chi connectivity index (χ3n) is 4.01. The number of nitrogens with one attached hydrogen (secondary N) is 1. The molecular formula is C19H32N2O7. The molecule has 2 N–H and O–H groups in total. The molecule has 160 valence electrons. The van der Waals surface area contributed by atoms with Crippen molar-refractivity contribution in [1.82, 2.24) is 10.2 Å². The second-order valence-electron chi connectivity index (χ2n) is 9.64. The summed E-state index contributed by atoms with van der Waals surface area (Å²) in [5.74, 6) is -2.55. The molecule has 28 heavy (non-hydrogen) atoms. The normalized spacial score (nSPS) is 20.5. The summed E-state index contributed by atoms with van der Waals surface area (Å²) in [6, 6.07) is -1.32. The lowest BCUT2D eigenvalue weighted by Crippen LogP contribution is -2.48. The van der Waals surface area contributed by atoms with Crippen LogP contribution in [0.15, 0.2) is 0 Å². The van der Waals surface area contributed by atoms with E-state index in [0.29, 0.717) is 0 Å². The van der Waals surface area contributed by atoms with Gasteiger partial charge < -0.3 is 19.9 Å². The quantitative estimate of drug-likeness (QED) is 0.744. The van der Waals surface area contributed by atoms with Crippen molar-refractivity contribution in [3.8, 4) is 0 Å². The summed E-state index contributed by atoms with van der Waals surface area (Å²) in [6.07, 6.45) is -1.55. The number of ether oxygens (including phenoxy) is 2. The van der Waals surface area contributed by atoms with Gasteiger partial charge in [0.1, 0.15) is 17.2 Å². The molecule has 3 amide bonds. The van der Waals surface area contributed by atoms with Crippen LogP contribution >= 0.6 is 0 Å². The van der Waals surface area contributed by atoms with Gasteiger partial charge in [0.05, 0.1) is 0 Å². The largest absolute Gasteiger partial charge is 0.480 e. The highest BCUT2D eigenvalue weighted by Crippen LogP contribution is 2.37. The van der Waals surface area contributed by atoms with Crippen molar-refractivity contribution >= 4 is 24.1 Å². The number of carbonyl (C=O) groups is 4. The van der Waals surface area contributed by atoms with Crippen molar-refractivity contribution in [1.29, 1.82) is 0 Å². The zero-order valence-corrected chi connectivity index (χ0v) is 17.9. The Balaban J connectivity index is 2.92. The first-order valence-electron chi connectivity index (χ1n) is 9.22. The fourth-order valence-electron chi connectivity index (χ4n) is 3.05. The van der Waals surface area contributed by atoms with Crippen molar-refractivity contribution in [2.45, 2.75) is 91.0 Å². The topological polar surface area (TPSA) is 122 Å². The van der Waals surface area contributed by atoms with Gasteiger partial charge in [0, 0.05) is 11.5 Å². The standard InChI is InChI=1S/C19H32N2O7/c1-17(2,3)27-15(25)20-12(14(23)24)9-11-10-19(7,8)21(13(11)22)16(26)28-18(4,5)6/h11-12H,9-10H2,1-8H3,(H,20,25)(H,23,24). The molecule has 1 aliphatic rings. The van der Waals surface area contributed by atoms with Crippen LogP contribution in [0.2, 0.25) is 0 Å². The maximum atomic E-state index is 12.8. The van der Waals surface area contributed by atoms with Crippen LogP contribution in [0.1, 0.15) is 68.2 Å². The smallest absolute Gasteiger partial charge is 0.417 e. The number of aliphatic carboxylic acids is 1. The van der Waals surface area contributed by atoms with Gasteiger partial charge in [0.15, 0.2) is 0 Å². The van der Waals surface area contributed by atoms with E-state index in [4.69, 9.17) is 9.47 Å². The summed E-state index contributed by atoms with van der Waals surface area (Å²) in [5.41, 5.74) is -2.39. The molecule has 0 spiro atoms. The van der Waals surface area contributed by atoms with Crippen LogP contribution < -0.4 is 5.32 Å². The molecule has 1 fully saturated rings. The van der Waals surface area contributed by atoms with E-state index in [-0.39, 0.29) is 12.8 Å². The molecule has 0 radical (unpaired) electrons. The third-order valence-corrected chi connectivity index (χ3v) is 4.01. The Kier molecular flexibility index (Phi) is 6.75. The van der Waals surface area contributed by atoms with Crippen LogP contribution in [-0.2, 0) is 19.1 Å². The molecule has 0 aliphatic carbocycles. The molecule has 2 unspecified atom stereocenters. The molecule has 0 saturated carbocycles. The number of rotatable bonds is 4. The zero-order chi connectivity index (χ0) is 22.1. The average molecular weight is 400 g/mol. The fourth-order valence-corrected chi connectivity index (χ4v) is 3.05. The number of imide groups is 1. The van der Waals surface area contributed by atoms with Gasteiger partial charge in [0.25, 0.3) is 0 Å². The Bertz CT molecular complexity index is 644. The van der Waals surface area contributed by atoms with E-state index in [2.05, 4.69) is 5.32 Å². The molecule has 9 heteroatoms. The van der Waals surface area contributed by atoms with E-state index in [1.807, 2.05) is 0 Å². The van der Waals surface area contributed by atoms with Crippen LogP contribution in [0.3, 0.4) is 0 Å². The number of hydrogen-bond donors (Lipinski definition) is 2. The van der Waals surface area contributed by atoms with Crippen LogP contribution in [0.25, 0.3) is 0 Å². The lowest BCUT2D eigenvalue weighted by atomic mass is 9.91. The highest BCUT2D eigenvalue weighted by atomic mass is 16.6. The van der Waals surface area contributed by atoms with Gasteiger partial charge in [-0.15, -0.1) is 0 Å². The Hall–Kier alpha value is -2.32. The average Bonchev–Trinajstić information content (AvgIpc) is 2.62. The number of carbonyl (C=O) groups excluding carboxylic acids is 3. The second-order valence-corrected chi connectivity index (χ2v) is 9.64. The third kappa shape index (κ3) is 6.69. The molecule has 1 aliphatic heterocycles. The summed E-state index contributed by atoms with van der Waals surface area (Å²) in [4.78, 5) is 49.8. The minimum absolute atomic E-state index is 0.157. The summed E-state index contributed by atoms with van der Waals surface area (Å²) < 4.78 is 10.4. The van der Waals surface area contributed by atoms with Crippen LogP contribution in [0.4, 0.5) is 9.59 Å². The molecule has 0 bridgehead atoms. The predicted octanol–water partition coefficient (Wildman–Crippen LogP) is 2.92. The van der Waals surface area contributed by atoms with E-state index in [1.54, 1.807) is 55.4 Å². The molecule has 1 heterocycles. The van der Waals surface area contributed by atoms with Crippen molar-refractivity contribution in [2.75, 3.05) is 0 Å². The van der Waals surface area contributed by atoms with E-state index >= 15 is 0 Å². The van der Waals surface area contributed by atoms with Gasteiger partial charge in [-0.25, -0.2) is 19.3 Å². The molecule has 1 saturated heterocycles. The molecule has 2 atom stereocenters. The Morgan fingerprint density at radius 2 is 1.64 bits per heavy atom. The molecule has 0 aromatic rings. The van der Waals surface area contributed by atoms with Crippen molar-refractivity contribution in [3.63, 3.8) is 0 Å². The van der Waals surface area contributed by atoms with Crippen molar-refractivity contribution < 1.29 is 33.8 Å². The number of alkyl carbamates (subject to hydrolysis) is 1. The zero-order valence-electron chi connectivity index (χ0n) is 17.9. The monoisotopic (exact) mass is 400 g/mol. The summed E-state index contributed by atoms with van der Waals surface area (Å²) in [5, 5.41) is 11.7. The highest BCUT2D eigenvalue weighted by molar-refractivity contribution is 5.96. The summed E-state index contributed by atoms with van der Waals surface area (Å²) in [6.45, 7) is 13.5. The maximum Gasteiger partial charge on any atom is 0.417 e. The molecule has 0 aromatic carbocycles. The van der Waals surface area contributed by atoms with Crippen LogP contribution in [0.5, 0.6) is 0 Å². The van der Waals surface area contributed by atoms with Gasteiger partial charge >= 0.3 is 18.2 Å². The number of hydrogen-bond acceptors (Lipinski definition) is 6. The fraction of sp³-hybridized carbons (Fsp3) is 0.789. The Morgan fingerprint density at radius 3 is 2.07 bits per heavy atom. The predicted molar refractivity (Wildman–Crippen MR) is 101 cm³/mol. The number of amides is 3. The summed E-state index contributed by atoms with van der Waals surface area (Å²) >= 11 is 0. The molecule has 1 rings (SSSR count). The van der Waals surface area contributed by atoms with Crippen molar-refractivity contribution in [2.24, 2.45) is 5.92 Å². The number of likely N-dealkylation sites (tertiary alicyclic amines) is 1. The lowest BCUT2D eigenvalue weighted by Gasteiger charge is -2.31. The van der Waals surface area contributed by atoms with E-state index < -0.39 is 52.8 Å². The highest BCUT2D eigenvalue weighted by Gasteiger charge is 2.50. The van der Waals surface area contributed by atoms with Gasteiger partial charge in [-0.2, -0.15) is 0 Å². The maximum absolute atomic E-state index is 12.8. The lowest BCUT2D eigenvalue weighted by molar-refractivity contribution is -0.140. The number of carboxylic acids is 1. The minimum atomic E-state index is -1.32. The molecule has 9 nitrogen and oxygen atoms in total. The van der Waals surface area contributed by atoms with Crippen LogP contribution in [-0.4, -0.2) is 56.9 Å². The van der Waals surface area contributed by atoms with E-state index in [9.17, 15) is 24.3 Å². The first-order chi connectivity index (χ1) is 12.4. The minimum Gasteiger partial charge on any atom is -0.480 e.